The normalized spacial score (nSPS) is 14.5. The van der Waals surface area contributed by atoms with E-state index in [0.29, 0.717) is 10.2 Å². The van der Waals surface area contributed by atoms with Crippen molar-refractivity contribution in [1.82, 2.24) is 9.88 Å². The van der Waals surface area contributed by atoms with Crippen LogP contribution in [0.15, 0.2) is 47.1 Å². The van der Waals surface area contributed by atoms with Crippen molar-refractivity contribution in [1.29, 1.82) is 0 Å². The molecule has 0 atom stereocenters. The highest BCUT2D eigenvalue weighted by Gasteiger charge is 2.14. The van der Waals surface area contributed by atoms with E-state index < -0.39 is 5.82 Å². The molecule has 1 N–H and O–H groups in total. The number of carbonyl (C=O) groups is 1. The van der Waals surface area contributed by atoms with Crippen LogP contribution in [0.3, 0.4) is 0 Å². The molecular weight excluding hydrogens is 421 g/mol. The number of carbonyl (C=O) groups excluding carboxylic acids is 1. The van der Waals surface area contributed by atoms with Crippen LogP contribution < -0.4 is 5.32 Å². The molecule has 1 fully saturated rings. The minimum Gasteiger partial charge on any atom is -0.322 e. The number of nitrogens with one attached hydrogen (secondary N) is 1. The SMILES string of the molecule is Cc1c(NC(=O)c2ccc(Br)c(F)c2)ccc2cc(CN3CCCC3)cnc12. The van der Waals surface area contributed by atoms with E-state index in [1.165, 1.54) is 30.5 Å². The molecule has 144 valence electrons. The molecule has 0 spiro atoms. The summed E-state index contributed by atoms with van der Waals surface area (Å²) in [4.78, 5) is 19.6. The first kappa shape index (κ1) is 19.0. The molecule has 1 aliphatic rings. The maximum atomic E-state index is 13.7. The van der Waals surface area contributed by atoms with Gasteiger partial charge in [-0.1, -0.05) is 6.07 Å². The van der Waals surface area contributed by atoms with Crippen molar-refractivity contribution in [2.45, 2.75) is 26.3 Å². The molecule has 0 radical (unpaired) electrons. The molecule has 3 aromatic rings. The highest BCUT2D eigenvalue weighted by atomic mass is 79.9. The average molecular weight is 442 g/mol. The summed E-state index contributed by atoms with van der Waals surface area (Å²) >= 11 is 3.10. The first-order chi connectivity index (χ1) is 13.5. The predicted molar refractivity (Wildman–Crippen MR) is 113 cm³/mol. The summed E-state index contributed by atoms with van der Waals surface area (Å²) in [5.41, 5.74) is 3.92. The van der Waals surface area contributed by atoms with Gasteiger partial charge in [0, 0.05) is 29.4 Å². The highest BCUT2D eigenvalue weighted by molar-refractivity contribution is 9.10. The number of fused-ring (bicyclic) bond motifs is 1. The minimum absolute atomic E-state index is 0.272. The lowest BCUT2D eigenvalue weighted by Gasteiger charge is -2.15. The van der Waals surface area contributed by atoms with Crippen LogP contribution in [-0.4, -0.2) is 28.9 Å². The second-order valence-corrected chi connectivity index (χ2v) is 8.07. The van der Waals surface area contributed by atoms with Gasteiger partial charge in [0.1, 0.15) is 5.82 Å². The number of rotatable bonds is 4. The van der Waals surface area contributed by atoms with Crippen LogP contribution in [0.5, 0.6) is 0 Å². The van der Waals surface area contributed by atoms with Crippen LogP contribution in [0.1, 0.15) is 34.3 Å². The zero-order chi connectivity index (χ0) is 19.7. The molecule has 6 heteroatoms. The lowest BCUT2D eigenvalue weighted by atomic mass is 10.1. The first-order valence-electron chi connectivity index (χ1n) is 9.38. The van der Waals surface area contributed by atoms with Crippen molar-refractivity contribution in [2.24, 2.45) is 0 Å². The van der Waals surface area contributed by atoms with Crippen LogP contribution in [-0.2, 0) is 6.54 Å². The molecule has 2 heterocycles. The van der Waals surface area contributed by atoms with Gasteiger partial charge in [0.25, 0.3) is 5.91 Å². The number of benzene rings is 2. The Labute approximate surface area is 171 Å². The predicted octanol–water partition coefficient (Wildman–Crippen LogP) is 5.29. The van der Waals surface area contributed by atoms with E-state index >= 15 is 0 Å². The number of pyridine rings is 1. The average Bonchev–Trinajstić information content (AvgIpc) is 3.19. The minimum atomic E-state index is -0.463. The second-order valence-electron chi connectivity index (χ2n) is 7.22. The number of aromatic nitrogens is 1. The number of nitrogens with zero attached hydrogens (tertiary/aromatic N) is 2. The molecule has 2 aromatic carbocycles. The molecule has 4 rings (SSSR count). The zero-order valence-corrected chi connectivity index (χ0v) is 17.2. The van der Waals surface area contributed by atoms with Gasteiger partial charge >= 0.3 is 0 Å². The second kappa shape index (κ2) is 7.97. The Hall–Kier alpha value is -2.31. The fourth-order valence-corrected chi connectivity index (χ4v) is 3.89. The Kier molecular flexibility index (Phi) is 5.42. The molecule has 28 heavy (non-hydrogen) atoms. The Balaban J connectivity index is 1.56. The van der Waals surface area contributed by atoms with Crippen LogP contribution in [0, 0.1) is 12.7 Å². The number of hydrogen-bond donors (Lipinski definition) is 1. The van der Waals surface area contributed by atoms with E-state index in [4.69, 9.17) is 0 Å². The maximum absolute atomic E-state index is 13.7. The Morgan fingerprint density at radius 3 is 2.75 bits per heavy atom. The molecule has 0 aliphatic carbocycles. The van der Waals surface area contributed by atoms with E-state index in [2.05, 4.69) is 37.2 Å². The van der Waals surface area contributed by atoms with Gasteiger partial charge in [0.2, 0.25) is 0 Å². The van der Waals surface area contributed by atoms with Gasteiger partial charge in [-0.05, 0) is 90.2 Å². The van der Waals surface area contributed by atoms with Crippen LogP contribution in [0.4, 0.5) is 10.1 Å². The summed E-state index contributed by atoms with van der Waals surface area (Å²) < 4.78 is 14.0. The fourth-order valence-electron chi connectivity index (χ4n) is 3.65. The largest absolute Gasteiger partial charge is 0.322 e. The monoisotopic (exact) mass is 441 g/mol. The third kappa shape index (κ3) is 3.93. The number of likely N-dealkylation sites (tertiary alicyclic amines) is 1. The van der Waals surface area contributed by atoms with Crippen molar-refractivity contribution in [3.8, 4) is 0 Å². The van der Waals surface area contributed by atoms with E-state index in [1.54, 1.807) is 6.07 Å². The van der Waals surface area contributed by atoms with Gasteiger partial charge in [0.05, 0.1) is 9.99 Å². The summed E-state index contributed by atoms with van der Waals surface area (Å²) in [6.07, 6.45) is 4.46. The fraction of sp³-hybridized carbons (Fsp3) is 0.273. The molecule has 1 amide bonds. The molecule has 1 aliphatic heterocycles. The third-order valence-corrected chi connectivity index (χ3v) is 5.84. The lowest BCUT2D eigenvalue weighted by Crippen LogP contribution is -2.18. The summed E-state index contributed by atoms with van der Waals surface area (Å²) in [7, 11) is 0. The molecule has 0 unspecified atom stereocenters. The molecular formula is C22H21BrFN3O. The van der Waals surface area contributed by atoms with E-state index in [9.17, 15) is 9.18 Å². The smallest absolute Gasteiger partial charge is 0.255 e. The summed E-state index contributed by atoms with van der Waals surface area (Å²) in [6, 6.07) is 10.4. The van der Waals surface area contributed by atoms with Gasteiger partial charge in [-0.15, -0.1) is 0 Å². The number of halogens is 2. The van der Waals surface area contributed by atoms with Crippen molar-refractivity contribution >= 4 is 38.4 Å². The van der Waals surface area contributed by atoms with Crippen LogP contribution >= 0.6 is 15.9 Å². The highest BCUT2D eigenvalue weighted by Crippen LogP contribution is 2.26. The Bertz CT molecular complexity index is 1050. The lowest BCUT2D eigenvalue weighted by molar-refractivity contribution is 0.102. The first-order valence-corrected chi connectivity index (χ1v) is 10.2. The molecule has 1 aromatic heterocycles. The standard InChI is InChI=1S/C22H21BrFN3O/c1-14-20(26-22(28)17-4-6-18(23)19(24)11-17)7-5-16-10-15(12-25-21(14)16)13-27-8-2-3-9-27/h4-7,10-12H,2-3,8-9,13H2,1H3,(H,26,28). The van der Waals surface area contributed by atoms with Crippen LogP contribution in [0.2, 0.25) is 0 Å². The quantitative estimate of drug-likeness (QED) is 0.597. The summed E-state index contributed by atoms with van der Waals surface area (Å²) in [5, 5.41) is 3.93. The van der Waals surface area contributed by atoms with Gasteiger partial charge < -0.3 is 5.32 Å². The van der Waals surface area contributed by atoms with E-state index in [-0.39, 0.29) is 11.5 Å². The van der Waals surface area contributed by atoms with Gasteiger partial charge in [-0.25, -0.2) is 4.39 Å². The zero-order valence-electron chi connectivity index (χ0n) is 15.6. The number of aryl methyl sites for hydroxylation is 1. The topological polar surface area (TPSA) is 45.2 Å². The summed E-state index contributed by atoms with van der Waals surface area (Å²) in [5.74, 6) is -0.811. The number of hydrogen-bond acceptors (Lipinski definition) is 3. The third-order valence-electron chi connectivity index (χ3n) is 5.20. The van der Waals surface area contributed by atoms with Gasteiger partial charge in [-0.2, -0.15) is 0 Å². The maximum Gasteiger partial charge on any atom is 0.255 e. The van der Waals surface area contributed by atoms with Crippen molar-refractivity contribution in [3.05, 3.63) is 69.6 Å². The molecule has 4 nitrogen and oxygen atoms in total. The van der Waals surface area contributed by atoms with E-state index in [0.717, 1.165) is 36.1 Å². The molecule has 0 bridgehead atoms. The van der Waals surface area contributed by atoms with Crippen molar-refractivity contribution in [3.63, 3.8) is 0 Å². The van der Waals surface area contributed by atoms with E-state index in [1.807, 2.05) is 25.3 Å². The molecule has 1 saturated heterocycles. The number of amides is 1. The molecule has 0 saturated carbocycles. The summed E-state index contributed by atoms with van der Waals surface area (Å²) in [6.45, 7) is 5.17. The van der Waals surface area contributed by atoms with Gasteiger partial charge in [0.15, 0.2) is 0 Å². The van der Waals surface area contributed by atoms with Crippen molar-refractivity contribution in [2.75, 3.05) is 18.4 Å². The number of anilines is 1. The van der Waals surface area contributed by atoms with Gasteiger partial charge in [-0.3, -0.25) is 14.7 Å². The Morgan fingerprint density at radius 1 is 1.21 bits per heavy atom. The Morgan fingerprint density at radius 2 is 2.00 bits per heavy atom. The van der Waals surface area contributed by atoms with Crippen molar-refractivity contribution < 1.29 is 9.18 Å². The van der Waals surface area contributed by atoms with Crippen LogP contribution in [0.25, 0.3) is 10.9 Å².